The number of anilines is 1. The van der Waals surface area contributed by atoms with Crippen molar-refractivity contribution in [1.82, 2.24) is 9.78 Å². The molecule has 2 rings (SSSR count). The number of hydrogen-bond donors (Lipinski definition) is 1. The molecule has 0 radical (unpaired) electrons. The molecule has 0 spiro atoms. The van der Waals surface area contributed by atoms with Crippen LogP contribution in [-0.4, -0.2) is 23.1 Å². The van der Waals surface area contributed by atoms with Gasteiger partial charge in [0.2, 0.25) is 0 Å². The Morgan fingerprint density at radius 1 is 1.37 bits per heavy atom. The first-order valence-electron chi connectivity index (χ1n) is 6.15. The maximum Gasteiger partial charge on any atom is 0.128 e. The van der Waals surface area contributed by atoms with Crippen molar-refractivity contribution in [3.63, 3.8) is 0 Å². The molecule has 0 atom stereocenters. The molecule has 2 aromatic rings. The third-order valence-electron chi connectivity index (χ3n) is 3.18. The van der Waals surface area contributed by atoms with Gasteiger partial charge in [0.05, 0.1) is 12.8 Å². The summed E-state index contributed by atoms with van der Waals surface area (Å²) in [5.41, 5.74) is 8.96. The Morgan fingerprint density at radius 2 is 2.11 bits per heavy atom. The maximum atomic E-state index is 5.85. The fraction of sp³-hybridized carbons (Fsp3) is 0.357. The van der Waals surface area contributed by atoms with Gasteiger partial charge in [-0.2, -0.15) is 5.10 Å². The van der Waals surface area contributed by atoms with Gasteiger partial charge in [0.25, 0.3) is 0 Å². The van der Waals surface area contributed by atoms with Crippen LogP contribution in [0.5, 0.6) is 5.75 Å². The number of ether oxygens (including phenoxy) is 1. The van der Waals surface area contributed by atoms with Gasteiger partial charge in [0.15, 0.2) is 0 Å². The minimum Gasteiger partial charge on any atom is -0.496 e. The van der Waals surface area contributed by atoms with Crippen LogP contribution in [-0.2, 0) is 13.5 Å². The SMILES string of the molecule is CCc1cc(OC)c(-c2cc(N)n(C)n2)cc1SC. The maximum absolute atomic E-state index is 5.85. The number of thioether (sulfide) groups is 1. The molecular weight excluding hydrogens is 258 g/mol. The van der Waals surface area contributed by atoms with Crippen LogP contribution in [0.1, 0.15) is 12.5 Å². The Balaban J connectivity index is 2.61. The summed E-state index contributed by atoms with van der Waals surface area (Å²) in [6, 6.07) is 6.09. The van der Waals surface area contributed by atoms with Crippen LogP contribution in [0.15, 0.2) is 23.1 Å². The van der Waals surface area contributed by atoms with Crippen LogP contribution >= 0.6 is 11.8 Å². The average molecular weight is 277 g/mol. The van der Waals surface area contributed by atoms with Crippen molar-refractivity contribution in [3.05, 3.63) is 23.8 Å². The van der Waals surface area contributed by atoms with E-state index in [-0.39, 0.29) is 0 Å². The molecule has 0 aliphatic carbocycles. The minimum atomic E-state index is 0.641. The lowest BCUT2D eigenvalue weighted by Crippen LogP contribution is -1.97. The average Bonchev–Trinajstić information content (AvgIpc) is 2.76. The number of aromatic nitrogens is 2. The Bertz CT molecular complexity index is 573. The molecule has 0 unspecified atom stereocenters. The summed E-state index contributed by atoms with van der Waals surface area (Å²) in [4.78, 5) is 1.25. The first-order chi connectivity index (χ1) is 9.10. The van der Waals surface area contributed by atoms with Crippen molar-refractivity contribution in [1.29, 1.82) is 0 Å². The van der Waals surface area contributed by atoms with E-state index in [0.717, 1.165) is 23.4 Å². The predicted octanol–water partition coefficient (Wildman–Crippen LogP) is 2.96. The van der Waals surface area contributed by atoms with Crippen molar-refractivity contribution in [2.24, 2.45) is 7.05 Å². The highest BCUT2D eigenvalue weighted by atomic mass is 32.2. The van der Waals surface area contributed by atoms with Crippen LogP contribution in [0.3, 0.4) is 0 Å². The molecule has 1 aromatic heterocycles. The monoisotopic (exact) mass is 277 g/mol. The van der Waals surface area contributed by atoms with Crippen LogP contribution in [0.4, 0.5) is 5.82 Å². The van der Waals surface area contributed by atoms with Crippen molar-refractivity contribution in [2.75, 3.05) is 19.1 Å². The molecule has 2 N–H and O–H groups in total. The molecule has 0 saturated carbocycles. The third-order valence-corrected chi connectivity index (χ3v) is 4.00. The highest BCUT2D eigenvalue weighted by Gasteiger charge is 2.14. The van der Waals surface area contributed by atoms with Crippen LogP contribution < -0.4 is 10.5 Å². The van der Waals surface area contributed by atoms with Crippen LogP contribution in [0.25, 0.3) is 11.3 Å². The summed E-state index contributed by atoms with van der Waals surface area (Å²) < 4.78 is 7.16. The summed E-state index contributed by atoms with van der Waals surface area (Å²) in [5.74, 6) is 1.48. The van der Waals surface area contributed by atoms with Crippen LogP contribution in [0.2, 0.25) is 0 Å². The Morgan fingerprint density at radius 3 is 2.58 bits per heavy atom. The Kier molecular flexibility index (Phi) is 4.04. The number of nitrogen functional groups attached to an aromatic ring is 1. The van der Waals surface area contributed by atoms with Crippen molar-refractivity contribution >= 4 is 17.6 Å². The van der Waals surface area contributed by atoms with Gasteiger partial charge in [-0.3, -0.25) is 4.68 Å². The summed E-state index contributed by atoms with van der Waals surface area (Å²) in [7, 11) is 3.52. The zero-order valence-corrected chi connectivity index (χ0v) is 12.5. The van der Waals surface area contributed by atoms with Crippen molar-refractivity contribution in [3.8, 4) is 17.0 Å². The zero-order valence-electron chi connectivity index (χ0n) is 11.7. The van der Waals surface area contributed by atoms with Gasteiger partial charge in [0, 0.05) is 23.6 Å². The molecule has 0 aliphatic rings. The van der Waals surface area contributed by atoms with E-state index in [1.807, 2.05) is 13.1 Å². The molecule has 0 fully saturated rings. The molecular formula is C14H19N3OS. The van der Waals surface area contributed by atoms with E-state index in [2.05, 4.69) is 30.4 Å². The fourth-order valence-electron chi connectivity index (χ4n) is 2.05. The number of methoxy groups -OCH3 is 1. The summed E-state index contributed by atoms with van der Waals surface area (Å²) in [6.07, 6.45) is 3.06. The highest BCUT2D eigenvalue weighted by molar-refractivity contribution is 7.98. The highest BCUT2D eigenvalue weighted by Crippen LogP contribution is 2.36. The number of nitrogens with zero attached hydrogens (tertiary/aromatic N) is 2. The predicted molar refractivity (Wildman–Crippen MR) is 80.8 cm³/mol. The lowest BCUT2D eigenvalue weighted by atomic mass is 10.1. The zero-order chi connectivity index (χ0) is 14.0. The standard InChI is InChI=1S/C14H19N3OS/c1-5-9-6-12(18-3)10(7-13(9)19-4)11-8-14(15)17(2)16-11/h6-8H,5,15H2,1-4H3. The largest absolute Gasteiger partial charge is 0.496 e. The number of rotatable bonds is 4. The second kappa shape index (κ2) is 5.57. The van der Waals surface area contributed by atoms with Gasteiger partial charge < -0.3 is 10.5 Å². The first kappa shape index (κ1) is 13.8. The van der Waals surface area contributed by atoms with E-state index in [1.54, 1.807) is 23.6 Å². The fourth-order valence-corrected chi connectivity index (χ4v) is 2.75. The van der Waals surface area contributed by atoms with Gasteiger partial charge >= 0.3 is 0 Å². The second-order valence-corrected chi connectivity index (χ2v) is 5.14. The van der Waals surface area contributed by atoms with E-state index in [9.17, 15) is 0 Å². The molecule has 0 saturated heterocycles. The smallest absolute Gasteiger partial charge is 0.128 e. The summed E-state index contributed by atoms with van der Waals surface area (Å²) >= 11 is 1.74. The quantitative estimate of drug-likeness (QED) is 0.873. The lowest BCUT2D eigenvalue weighted by Gasteiger charge is -2.12. The van der Waals surface area contributed by atoms with E-state index in [4.69, 9.17) is 10.5 Å². The van der Waals surface area contributed by atoms with Gasteiger partial charge in [0.1, 0.15) is 11.6 Å². The summed E-state index contributed by atoms with van der Waals surface area (Å²) in [5, 5.41) is 4.42. The van der Waals surface area contributed by atoms with Gasteiger partial charge in [-0.15, -0.1) is 11.8 Å². The van der Waals surface area contributed by atoms with E-state index in [1.165, 1.54) is 10.5 Å². The molecule has 4 nitrogen and oxygen atoms in total. The Labute approximate surface area is 117 Å². The van der Waals surface area contributed by atoms with Gasteiger partial charge in [-0.05, 0) is 30.4 Å². The molecule has 102 valence electrons. The number of aryl methyl sites for hydroxylation is 2. The number of hydrogen-bond acceptors (Lipinski definition) is 4. The molecule has 0 aliphatic heterocycles. The Hall–Kier alpha value is -1.62. The third kappa shape index (κ3) is 2.56. The lowest BCUT2D eigenvalue weighted by molar-refractivity contribution is 0.415. The molecule has 1 heterocycles. The number of nitrogens with two attached hydrogens (primary N) is 1. The van der Waals surface area contributed by atoms with E-state index < -0.39 is 0 Å². The topological polar surface area (TPSA) is 53.1 Å². The minimum absolute atomic E-state index is 0.641. The molecule has 0 amide bonds. The number of benzene rings is 1. The van der Waals surface area contributed by atoms with E-state index >= 15 is 0 Å². The molecule has 0 bridgehead atoms. The molecule has 1 aromatic carbocycles. The van der Waals surface area contributed by atoms with Gasteiger partial charge in [-0.1, -0.05) is 6.92 Å². The second-order valence-electron chi connectivity index (χ2n) is 4.30. The summed E-state index contributed by atoms with van der Waals surface area (Å²) in [6.45, 7) is 2.15. The van der Waals surface area contributed by atoms with Crippen molar-refractivity contribution in [2.45, 2.75) is 18.2 Å². The normalized spacial score (nSPS) is 10.7. The van der Waals surface area contributed by atoms with Crippen molar-refractivity contribution < 1.29 is 4.74 Å². The molecule has 5 heteroatoms. The van der Waals surface area contributed by atoms with Gasteiger partial charge in [-0.25, -0.2) is 0 Å². The van der Waals surface area contributed by atoms with E-state index in [0.29, 0.717) is 5.82 Å². The first-order valence-corrected chi connectivity index (χ1v) is 7.38. The molecule has 19 heavy (non-hydrogen) atoms. The van der Waals surface area contributed by atoms with Crippen LogP contribution in [0, 0.1) is 0 Å².